The van der Waals surface area contributed by atoms with Gasteiger partial charge in [0.1, 0.15) is 0 Å². The normalized spacial score (nSPS) is 30.0. The van der Waals surface area contributed by atoms with Crippen molar-refractivity contribution in [2.45, 2.75) is 18.9 Å². The van der Waals surface area contributed by atoms with E-state index in [2.05, 4.69) is 0 Å². The predicted molar refractivity (Wildman–Crippen MR) is 46.8 cm³/mol. The molecule has 1 aliphatic rings. The number of aliphatic hydroxyl groups excluding tert-OH is 1. The predicted octanol–water partition coefficient (Wildman–Crippen LogP) is 1.73. The van der Waals surface area contributed by atoms with Crippen LogP contribution in [-0.2, 0) is 0 Å². The van der Waals surface area contributed by atoms with Gasteiger partial charge in [0.15, 0.2) is 0 Å². The van der Waals surface area contributed by atoms with Crippen LogP contribution in [0.5, 0.6) is 0 Å². The van der Waals surface area contributed by atoms with E-state index < -0.39 is 0 Å². The van der Waals surface area contributed by atoms with Crippen LogP contribution in [0.3, 0.4) is 0 Å². The molecule has 0 saturated carbocycles. The highest BCUT2D eigenvalue weighted by molar-refractivity contribution is 7.99. The summed E-state index contributed by atoms with van der Waals surface area (Å²) in [7, 11) is 0. The van der Waals surface area contributed by atoms with E-state index in [4.69, 9.17) is 11.6 Å². The summed E-state index contributed by atoms with van der Waals surface area (Å²) in [5.41, 5.74) is 0. The van der Waals surface area contributed by atoms with Gasteiger partial charge >= 0.3 is 0 Å². The first-order valence-corrected chi connectivity index (χ1v) is 5.35. The topological polar surface area (TPSA) is 20.2 Å². The molecule has 0 spiro atoms. The maximum atomic E-state index is 9.34. The highest BCUT2D eigenvalue weighted by Gasteiger charge is 2.20. The zero-order valence-electron chi connectivity index (χ0n) is 5.92. The molecule has 1 N–H and O–H groups in total. The molecule has 0 aromatic heterocycles. The van der Waals surface area contributed by atoms with Crippen LogP contribution >= 0.6 is 23.4 Å². The number of hydrogen-bond donors (Lipinski definition) is 1. The fourth-order valence-corrected chi connectivity index (χ4v) is 2.68. The summed E-state index contributed by atoms with van der Waals surface area (Å²) < 4.78 is 0. The van der Waals surface area contributed by atoms with E-state index in [0.717, 1.165) is 12.2 Å². The van der Waals surface area contributed by atoms with Crippen molar-refractivity contribution in [3.8, 4) is 0 Å². The van der Waals surface area contributed by atoms with Gasteiger partial charge in [0.2, 0.25) is 0 Å². The molecule has 2 unspecified atom stereocenters. The van der Waals surface area contributed by atoms with Crippen LogP contribution < -0.4 is 0 Å². The second-order valence-corrected chi connectivity index (χ2v) is 4.16. The summed E-state index contributed by atoms with van der Waals surface area (Å²) in [6, 6.07) is 0. The van der Waals surface area contributed by atoms with Crippen molar-refractivity contribution in [1.29, 1.82) is 0 Å². The third kappa shape index (κ3) is 2.33. The summed E-state index contributed by atoms with van der Waals surface area (Å²) in [4.78, 5) is 0. The zero-order valence-corrected chi connectivity index (χ0v) is 7.50. The van der Waals surface area contributed by atoms with Crippen LogP contribution in [0.25, 0.3) is 0 Å². The molecule has 60 valence electrons. The molecular weight excluding hydrogens is 168 g/mol. The molecule has 1 rings (SSSR count). The highest BCUT2D eigenvalue weighted by Crippen LogP contribution is 2.25. The second kappa shape index (κ2) is 4.47. The summed E-state index contributed by atoms with van der Waals surface area (Å²) in [5, 5.41) is 9.34. The van der Waals surface area contributed by atoms with E-state index in [1.165, 1.54) is 12.2 Å². The average molecular weight is 181 g/mol. The van der Waals surface area contributed by atoms with Gasteiger partial charge in [-0.05, 0) is 30.3 Å². The van der Waals surface area contributed by atoms with Crippen LogP contribution in [-0.4, -0.2) is 28.6 Å². The van der Waals surface area contributed by atoms with Gasteiger partial charge < -0.3 is 5.11 Å². The first-order valence-electron chi connectivity index (χ1n) is 3.66. The standard InChI is InChI=1S/C7H13ClOS/c8-4-7(9)6-2-1-3-10-5-6/h6-7,9H,1-5H2. The molecule has 1 nitrogen and oxygen atoms in total. The molecule has 3 heteroatoms. The van der Waals surface area contributed by atoms with Crippen LogP contribution in [0.4, 0.5) is 0 Å². The van der Waals surface area contributed by atoms with Gasteiger partial charge in [0.05, 0.1) is 6.10 Å². The molecule has 0 bridgehead atoms. The van der Waals surface area contributed by atoms with E-state index in [1.807, 2.05) is 11.8 Å². The van der Waals surface area contributed by atoms with Crippen LogP contribution in [0.15, 0.2) is 0 Å². The van der Waals surface area contributed by atoms with Crippen molar-refractivity contribution < 1.29 is 5.11 Å². The van der Waals surface area contributed by atoms with E-state index >= 15 is 0 Å². The lowest BCUT2D eigenvalue weighted by Gasteiger charge is -2.24. The Bertz CT molecular complexity index is 93.6. The first-order chi connectivity index (χ1) is 4.84. The minimum Gasteiger partial charge on any atom is -0.392 e. The Morgan fingerprint density at radius 1 is 1.70 bits per heavy atom. The van der Waals surface area contributed by atoms with E-state index in [1.54, 1.807) is 0 Å². The van der Waals surface area contributed by atoms with Gasteiger partial charge in [-0.15, -0.1) is 11.6 Å². The van der Waals surface area contributed by atoms with Gasteiger partial charge in [0, 0.05) is 5.88 Å². The molecule has 1 heterocycles. The lowest BCUT2D eigenvalue weighted by Crippen LogP contribution is -2.26. The van der Waals surface area contributed by atoms with Gasteiger partial charge in [-0.2, -0.15) is 11.8 Å². The highest BCUT2D eigenvalue weighted by atomic mass is 35.5. The second-order valence-electron chi connectivity index (χ2n) is 2.70. The monoisotopic (exact) mass is 180 g/mol. The van der Waals surface area contributed by atoms with Gasteiger partial charge in [-0.1, -0.05) is 0 Å². The molecule has 0 aromatic carbocycles. The Morgan fingerprint density at radius 2 is 2.50 bits per heavy atom. The van der Waals surface area contributed by atoms with E-state index in [0.29, 0.717) is 11.8 Å². The molecule has 0 radical (unpaired) electrons. The number of hydrogen-bond acceptors (Lipinski definition) is 2. The Kier molecular flexibility index (Phi) is 3.89. The number of aliphatic hydroxyl groups is 1. The quantitative estimate of drug-likeness (QED) is 0.654. The zero-order chi connectivity index (χ0) is 7.40. The third-order valence-corrected chi connectivity index (χ3v) is 3.46. The Morgan fingerprint density at radius 3 is 3.00 bits per heavy atom. The Hall–Kier alpha value is 0.600. The molecule has 0 aromatic rings. The van der Waals surface area contributed by atoms with Crippen LogP contribution in [0.1, 0.15) is 12.8 Å². The van der Waals surface area contributed by atoms with Crippen molar-refractivity contribution in [3.05, 3.63) is 0 Å². The van der Waals surface area contributed by atoms with Gasteiger partial charge in [-0.3, -0.25) is 0 Å². The molecule has 10 heavy (non-hydrogen) atoms. The lowest BCUT2D eigenvalue weighted by atomic mass is 10.0. The van der Waals surface area contributed by atoms with Gasteiger partial charge in [0.25, 0.3) is 0 Å². The molecule has 0 aliphatic carbocycles. The van der Waals surface area contributed by atoms with Crippen LogP contribution in [0.2, 0.25) is 0 Å². The molecule has 1 saturated heterocycles. The van der Waals surface area contributed by atoms with Gasteiger partial charge in [-0.25, -0.2) is 0 Å². The molecule has 0 amide bonds. The van der Waals surface area contributed by atoms with Crippen molar-refractivity contribution in [2.24, 2.45) is 5.92 Å². The smallest absolute Gasteiger partial charge is 0.0711 e. The summed E-state index contributed by atoms with van der Waals surface area (Å²) in [6.07, 6.45) is 2.12. The third-order valence-electron chi connectivity index (χ3n) is 1.90. The first kappa shape index (κ1) is 8.69. The minimum absolute atomic E-state index is 0.269. The summed E-state index contributed by atoms with van der Waals surface area (Å²) in [6.45, 7) is 0. The maximum absolute atomic E-state index is 9.34. The average Bonchev–Trinajstić information content (AvgIpc) is 2.05. The molecular formula is C7H13ClOS. The van der Waals surface area contributed by atoms with E-state index in [-0.39, 0.29) is 6.10 Å². The molecule has 1 fully saturated rings. The van der Waals surface area contributed by atoms with Crippen LogP contribution in [0, 0.1) is 5.92 Å². The fraction of sp³-hybridized carbons (Fsp3) is 1.00. The summed E-state index contributed by atoms with van der Waals surface area (Å²) >= 11 is 7.45. The summed E-state index contributed by atoms with van der Waals surface area (Å²) in [5.74, 6) is 3.20. The number of rotatable bonds is 2. The SMILES string of the molecule is OC(CCl)C1CCCSC1. The largest absolute Gasteiger partial charge is 0.392 e. The van der Waals surface area contributed by atoms with Crippen molar-refractivity contribution >= 4 is 23.4 Å². The fourth-order valence-electron chi connectivity index (χ4n) is 1.20. The number of halogens is 1. The number of thioether (sulfide) groups is 1. The molecule has 2 atom stereocenters. The van der Waals surface area contributed by atoms with E-state index in [9.17, 15) is 5.11 Å². The Labute approximate surface area is 71.1 Å². The van der Waals surface area contributed by atoms with Crippen molar-refractivity contribution in [2.75, 3.05) is 17.4 Å². The Balaban J connectivity index is 2.24. The van der Waals surface area contributed by atoms with Crippen molar-refractivity contribution in [3.63, 3.8) is 0 Å². The lowest BCUT2D eigenvalue weighted by molar-refractivity contribution is 0.134. The minimum atomic E-state index is -0.269. The molecule has 1 aliphatic heterocycles. The number of alkyl halides is 1. The van der Waals surface area contributed by atoms with Crippen molar-refractivity contribution in [1.82, 2.24) is 0 Å². The maximum Gasteiger partial charge on any atom is 0.0711 e.